The minimum absolute atomic E-state index is 0.0702. The van der Waals surface area contributed by atoms with Crippen molar-refractivity contribution in [1.29, 1.82) is 0 Å². The third-order valence-corrected chi connectivity index (χ3v) is 6.06. The van der Waals surface area contributed by atoms with Gasteiger partial charge in [0.1, 0.15) is 28.8 Å². The Bertz CT molecular complexity index is 1350. The van der Waals surface area contributed by atoms with Crippen molar-refractivity contribution < 1.29 is 30.7 Å². The number of aryl methyl sites for hydroxylation is 1. The van der Waals surface area contributed by atoms with E-state index in [-0.39, 0.29) is 21.9 Å². The summed E-state index contributed by atoms with van der Waals surface area (Å²) >= 11 is 0. The Morgan fingerprint density at radius 1 is 0.618 bits per heavy atom. The molecule has 0 aliphatic rings. The molecule has 4 aromatic rings. The highest BCUT2D eigenvalue weighted by Gasteiger charge is 2.38. The van der Waals surface area contributed by atoms with Crippen LogP contribution in [0.3, 0.4) is 0 Å². The maximum absolute atomic E-state index is 15.1. The smallest absolute Gasteiger partial charge is 0.206 e. The van der Waals surface area contributed by atoms with Gasteiger partial charge in [0.2, 0.25) is 0 Å². The van der Waals surface area contributed by atoms with Crippen LogP contribution in [0.1, 0.15) is 43.7 Å². The van der Waals surface area contributed by atoms with Gasteiger partial charge in [0, 0.05) is 10.8 Å². The van der Waals surface area contributed by atoms with Crippen LogP contribution in [0.25, 0.3) is 32.7 Å². The van der Waals surface area contributed by atoms with Crippen molar-refractivity contribution in [2.75, 3.05) is 0 Å². The molecule has 4 aromatic carbocycles. The van der Waals surface area contributed by atoms with Crippen LogP contribution in [-0.2, 0) is 12.6 Å². The van der Waals surface area contributed by atoms with E-state index in [2.05, 4.69) is 6.92 Å². The summed E-state index contributed by atoms with van der Waals surface area (Å²) in [5.74, 6) is -4.73. The number of hydrogen-bond acceptors (Lipinski definition) is 0. The van der Waals surface area contributed by atoms with Gasteiger partial charge in [-0.3, -0.25) is 0 Å². The first-order valence-corrected chi connectivity index (χ1v) is 11.0. The lowest BCUT2D eigenvalue weighted by Crippen LogP contribution is -2.11. The van der Waals surface area contributed by atoms with Gasteiger partial charge in [-0.05, 0) is 64.6 Å². The zero-order chi connectivity index (χ0) is 24.6. The third kappa shape index (κ3) is 4.48. The Kier molecular flexibility index (Phi) is 6.56. The highest BCUT2D eigenvalue weighted by Crippen LogP contribution is 2.38. The van der Waals surface area contributed by atoms with Gasteiger partial charge in [-0.25, -0.2) is 17.6 Å². The second-order valence-corrected chi connectivity index (χ2v) is 8.38. The van der Waals surface area contributed by atoms with Crippen LogP contribution in [0.2, 0.25) is 0 Å². The molecule has 4 rings (SSSR count). The Balaban J connectivity index is 1.78. The Labute approximate surface area is 192 Å². The number of hydrogen-bond donors (Lipinski definition) is 0. The Hall–Kier alpha value is -3.09. The number of halogens is 7. The first-order valence-electron chi connectivity index (χ1n) is 11.0. The molecule has 178 valence electrons. The number of benzene rings is 4. The molecule has 0 aromatic heterocycles. The normalized spacial score (nSPS) is 12.1. The van der Waals surface area contributed by atoms with E-state index in [9.17, 15) is 26.3 Å². The first kappa shape index (κ1) is 24.0. The van der Waals surface area contributed by atoms with Gasteiger partial charge in [0.15, 0.2) is 0 Å². The quantitative estimate of drug-likeness (QED) is 0.147. The molecule has 0 saturated carbocycles. The van der Waals surface area contributed by atoms with E-state index in [0.717, 1.165) is 31.7 Å². The topological polar surface area (TPSA) is 0 Å². The standard InChI is InChI=1S/C27H21F7/c1-2-3-4-5-6-15-7-9-19-18-10-8-16(11-20(18)22(28)14-21(19)26(15)31)17-12-23(29)25(24(30)13-17)27(32,33)34/h7-14H,2-6H2,1H3. The highest BCUT2D eigenvalue weighted by atomic mass is 19.4. The SMILES string of the molecule is CCCCCCc1ccc2c(cc(F)c3cc(-c4cc(F)c(C(F)(F)F)c(F)c4)ccc32)c1F. The molecule has 0 aliphatic carbocycles. The molecular weight excluding hydrogens is 457 g/mol. The van der Waals surface area contributed by atoms with Crippen LogP contribution in [0.4, 0.5) is 30.7 Å². The number of rotatable bonds is 6. The van der Waals surface area contributed by atoms with Gasteiger partial charge < -0.3 is 0 Å². The lowest BCUT2D eigenvalue weighted by Gasteiger charge is -2.13. The molecule has 0 saturated heterocycles. The summed E-state index contributed by atoms with van der Waals surface area (Å²) in [4.78, 5) is 0. The summed E-state index contributed by atoms with van der Waals surface area (Å²) in [7, 11) is 0. The van der Waals surface area contributed by atoms with E-state index >= 15 is 4.39 Å². The van der Waals surface area contributed by atoms with E-state index in [0.29, 0.717) is 34.9 Å². The number of fused-ring (bicyclic) bond motifs is 3. The molecule has 0 bridgehead atoms. The van der Waals surface area contributed by atoms with Crippen LogP contribution < -0.4 is 0 Å². The molecule has 0 amide bonds. The van der Waals surface area contributed by atoms with Crippen molar-refractivity contribution in [1.82, 2.24) is 0 Å². The van der Waals surface area contributed by atoms with Gasteiger partial charge in [0.25, 0.3) is 0 Å². The average Bonchev–Trinajstić information content (AvgIpc) is 2.77. The van der Waals surface area contributed by atoms with Crippen LogP contribution in [-0.4, -0.2) is 0 Å². The van der Waals surface area contributed by atoms with Gasteiger partial charge in [0.05, 0.1) is 0 Å². The van der Waals surface area contributed by atoms with E-state index in [1.807, 2.05) is 0 Å². The molecule has 0 atom stereocenters. The molecule has 34 heavy (non-hydrogen) atoms. The predicted octanol–water partition coefficient (Wildman–Crippen LogP) is 9.36. The van der Waals surface area contributed by atoms with Crippen molar-refractivity contribution in [3.8, 4) is 11.1 Å². The summed E-state index contributed by atoms with van der Waals surface area (Å²) in [6, 6.07) is 9.79. The molecular formula is C27H21F7. The molecule has 0 unspecified atom stereocenters. The lowest BCUT2D eigenvalue weighted by atomic mass is 9.94. The zero-order valence-electron chi connectivity index (χ0n) is 18.3. The van der Waals surface area contributed by atoms with Crippen molar-refractivity contribution >= 4 is 21.5 Å². The summed E-state index contributed by atoms with van der Waals surface area (Å²) < 4.78 is 96.7. The van der Waals surface area contributed by atoms with Gasteiger partial charge in [-0.15, -0.1) is 0 Å². The van der Waals surface area contributed by atoms with Crippen molar-refractivity contribution in [3.63, 3.8) is 0 Å². The van der Waals surface area contributed by atoms with Gasteiger partial charge in [-0.2, -0.15) is 13.2 Å². The average molecular weight is 478 g/mol. The zero-order valence-corrected chi connectivity index (χ0v) is 18.3. The third-order valence-electron chi connectivity index (χ3n) is 6.06. The minimum atomic E-state index is -5.18. The first-order chi connectivity index (χ1) is 16.1. The number of unbranched alkanes of at least 4 members (excludes halogenated alkanes) is 3. The van der Waals surface area contributed by atoms with Gasteiger partial charge in [-0.1, -0.05) is 50.5 Å². The van der Waals surface area contributed by atoms with Crippen molar-refractivity contribution in [2.45, 2.75) is 45.2 Å². The largest absolute Gasteiger partial charge is 0.422 e. The summed E-state index contributed by atoms with van der Waals surface area (Å²) in [6.07, 6.45) is -0.704. The van der Waals surface area contributed by atoms with E-state index in [4.69, 9.17) is 0 Å². The number of alkyl halides is 3. The molecule has 0 heterocycles. The van der Waals surface area contributed by atoms with Crippen LogP contribution in [0.5, 0.6) is 0 Å². The fourth-order valence-electron chi connectivity index (χ4n) is 4.32. The van der Waals surface area contributed by atoms with Crippen molar-refractivity contribution in [3.05, 3.63) is 82.9 Å². The minimum Gasteiger partial charge on any atom is -0.206 e. The summed E-state index contributed by atoms with van der Waals surface area (Å²) in [6.45, 7) is 2.08. The molecule has 0 aliphatic heterocycles. The molecule has 7 heteroatoms. The maximum atomic E-state index is 15.1. The van der Waals surface area contributed by atoms with Crippen LogP contribution in [0.15, 0.2) is 48.5 Å². The predicted molar refractivity (Wildman–Crippen MR) is 120 cm³/mol. The molecule has 0 fully saturated rings. The van der Waals surface area contributed by atoms with Crippen molar-refractivity contribution in [2.24, 2.45) is 0 Å². The summed E-state index contributed by atoms with van der Waals surface area (Å²) in [5, 5.41) is 1.07. The molecule has 0 radical (unpaired) electrons. The Morgan fingerprint density at radius 3 is 1.91 bits per heavy atom. The molecule has 0 spiro atoms. The monoisotopic (exact) mass is 478 g/mol. The van der Waals surface area contributed by atoms with E-state index in [1.165, 1.54) is 18.2 Å². The second-order valence-electron chi connectivity index (χ2n) is 8.38. The molecule has 0 nitrogen and oxygen atoms in total. The Morgan fingerprint density at radius 2 is 1.26 bits per heavy atom. The fourth-order valence-corrected chi connectivity index (χ4v) is 4.32. The highest BCUT2D eigenvalue weighted by molar-refractivity contribution is 6.09. The van der Waals surface area contributed by atoms with E-state index < -0.39 is 35.0 Å². The second kappa shape index (κ2) is 9.28. The van der Waals surface area contributed by atoms with E-state index in [1.54, 1.807) is 12.1 Å². The lowest BCUT2D eigenvalue weighted by molar-refractivity contribution is -0.142. The van der Waals surface area contributed by atoms with Gasteiger partial charge >= 0.3 is 6.18 Å². The maximum Gasteiger partial charge on any atom is 0.422 e. The fraction of sp³-hybridized carbons (Fsp3) is 0.259. The summed E-state index contributed by atoms with van der Waals surface area (Å²) in [5.41, 5.74) is -1.51. The van der Waals surface area contributed by atoms with Crippen LogP contribution in [0, 0.1) is 23.3 Å². The molecule has 0 N–H and O–H groups in total. The van der Waals surface area contributed by atoms with Crippen LogP contribution >= 0.6 is 0 Å².